The maximum Gasteiger partial charge on any atom is 0.292 e. The fourth-order valence-electron chi connectivity index (χ4n) is 3.47. The molecule has 2 aliphatic heterocycles. The lowest BCUT2D eigenvalue weighted by atomic mass is 10.1. The van der Waals surface area contributed by atoms with Gasteiger partial charge in [-0.15, -0.1) is 0 Å². The number of nitrogens with zero attached hydrogens (tertiary/aromatic N) is 2. The second-order valence-electron chi connectivity index (χ2n) is 6.63. The molecule has 2 aliphatic rings. The number of amides is 1. The van der Waals surface area contributed by atoms with Gasteiger partial charge in [0.15, 0.2) is 0 Å². The molecule has 1 aromatic rings. The molecule has 3 rings (SSSR count). The van der Waals surface area contributed by atoms with Gasteiger partial charge in [-0.25, -0.2) is 8.42 Å². The maximum absolute atomic E-state index is 13.1. The minimum absolute atomic E-state index is 0.179. The Bertz CT molecular complexity index is 816. The lowest BCUT2D eigenvalue weighted by Gasteiger charge is -2.35. The summed E-state index contributed by atoms with van der Waals surface area (Å²) in [7, 11) is -3.59. The van der Waals surface area contributed by atoms with Crippen LogP contribution in [0, 0.1) is 20.8 Å². The van der Waals surface area contributed by atoms with Gasteiger partial charge in [-0.2, -0.15) is 4.31 Å². The Kier molecular flexibility index (Phi) is 5.24. The maximum atomic E-state index is 13.1. The number of hydrogen-bond donors (Lipinski definition) is 0. The highest BCUT2D eigenvalue weighted by atomic mass is 32.2. The van der Waals surface area contributed by atoms with Crippen LogP contribution < -0.4 is 0 Å². The van der Waals surface area contributed by atoms with Crippen LogP contribution in [0.3, 0.4) is 0 Å². The summed E-state index contributed by atoms with van der Waals surface area (Å²) in [5, 5.41) is 0. The molecule has 8 heteroatoms. The van der Waals surface area contributed by atoms with E-state index in [-0.39, 0.29) is 24.8 Å². The number of benzene rings is 1. The summed E-state index contributed by atoms with van der Waals surface area (Å²) in [5.74, 6) is -0.0813. The third kappa shape index (κ3) is 3.57. The number of sulfonamides is 1. The Hall–Kier alpha value is -2.06. The van der Waals surface area contributed by atoms with Crippen molar-refractivity contribution in [2.45, 2.75) is 25.7 Å². The Labute approximate surface area is 154 Å². The van der Waals surface area contributed by atoms with Crippen LogP contribution in [-0.2, 0) is 24.3 Å². The van der Waals surface area contributed by atoms with Gasteiger partial charge in [-0.3, -0.25) is 4.79 Å². The molecule has 0 unspecified atom stereocenters. The zero-order chi connectivity index (χ0) is 18.9. The van der Waals surface area contributed by atoms with Crippen molar-refractivity contribution < 1.29 is 22.7 Å². The minimum Gasteiger partial charge on any atom is -0.494 e. The summed E-state index contributed by atoms with van der Waals surface area (Å²) in [6.45, 7) is 7.52. The molecule has 26 heavy (non-hydrogen) atoms. The average Bonchev–Trinajstić information content (AvgIpc) is 2.61. The molecule has 0 radical (unpaired) electrons. The number of carbonyl (C=O) groups is 1. The van der Waals surface area contributed by atoms with Crippen LogP contribution in [0.1, 0.15) is 16.7 Å². The molecule has 1 saturated heterocycles. The average molecular weight is 380 g/mol. The van der Waals surface area contributed by atoms with Gasteiger partial charge in [-0.1, -0.05) is 17.7 Å². The molecule has 0 saturated carbocycles. The highest BCUT2D eigenvalue weighted by Crippen LogP contribution is 2.26. The van der Waals surface area contributed by atoms with E-state index < -0.39 is 10.0 Å². The second kappa shape index (κ2) is 7.28. The zero-order valence-electron chi connectivity index (χ0n) is 15.3. The van der Waals surface area contributed by atoms with Crippen molar-refractivity contribution in [2.75, 3.05) is 39.4 Å². The fourth-order valence-corrected chi connectivity index (χ4v) is 5.30. The van der Waals surface area contributed by atoms with E-state index in [1.54, 1.807) is 4.90 Å². The van der Waals surface area contributed by atoms with Gasteiger partial charge >= 0.3 is 0 Å². The monoisotopic (exact) mass is 380 g/mol. The summed E-state index contributed by atoms with van der Waals surface area (Å²) >= 11 is 0. The third-order valence-corrected chi connectivity index (χ3v) is 6.79. The molecule has 1 fully saturated rings. The number of piperazine rings is 1. The molecule has 0 aromatic heterocycles. The van der Waals surface area contributed by atoms with Crippen LogP contribution >= 0.6 is 0 Å². The quantitative estimate of drug-likeness (QED) is 0.791. The van der Waals surface area contributed by atoms with Gasteiger partial charge in [0.1, 0.15) is 19.5 Å². The van der Waals surface area contributed by atoms with E-state index in [0.29, 0.717) is 31.2 Å². The van der Waals surface area contributed by atoms with Gasteiger partial charge in [-0.05, 0) is 31.9 Å². The molecule has 1 amide bonds. The van der Waals surface area contributed by atoms with Crippen molar-refractivity contribution >= 4 is 15.9 Å². The summed E-state index contributed by atoms with van der Waals surface area (Å²) in [6, 6.07) is 3.76. The SMILES string of the molecule is Cc1cc(C)c(S(=O)(=O)N2CCN(C(=O)C3=COCCO3)CC2)c(C)c1. The molecular weight excluding hydrogens is 356 g/mol. The van der Waals surface area contributed by atoms with Crippen molar-refractivity contribution in [2.24, 2.45) is 0 Å². The molecule has 0 aliphatic carbocycles. The molecular formula is C18H24N2O5S. The van der Waals surface area contributed by atoms with E-state index >= 15 is 0 Å². The predicted molar refractivity (Wildman–Crippen MR) is 96.0 cm³/mol. The van der Waals surface area contributed by atoms with Crippen molar-refractivity contribution in [3.05, 3.63) is 40.8 Å². The van der Waals surface area contributed by atoms with E-state index in [1.807, 2.05) is 32.9 Å². The normalized spacial score (nSPS) is 18.7. The van der Waals surface area contributed by atoms with Crippen LogP contribution in [0.5, 0.6) is 0 Å². The molecule has 142 valence electrons. The van der Waals surface area contributed by atoms with E-state index in [1.165, 1.54) is 10.6 Å². The highest BCUT2D eigenvalue weighted by molar-refractivity contribution is 7.89. The number of aryl methyl sites for hydroxylation is 3. The van der Waals surface area contributed by atoms with Crippen molar-refractivity contribution in [1.29, 1.82) is 0 Å². The van der Waals surface area contributed by atoms with Gasteiger partial charge in [0.05, 0.1) is 4.90 Å². The van der Waals surface area contributed by atoms with Crippen LogP contribution in [0.4, 0.5) is 0 Å². The summed E-state index contributed by atoms with van der Waals surface area (Å²) < 4.78 is 38.1. The van der Waals surface area contributed by atoms with Crippen LogP contribution in [0.25, 0.3) is 0 Å². The van der Waals surface area contributed by atoms with Crippen LogP contribution in [0.2, 0.25) is 0 Å². The first-order chi connectivity index (χ1) is 12.3. The summed E-state index contributed by atoms with van der Waals surface area (Å²) in [6.07, 6.45) is 1.33. The lowest BCUT2D eigenvalue weighted by molar-refractivity contribution is -0.133. The smallest absolute Gasteiger partial charge is 0.292 e. The molecule has 0 atom stereocenters. The summed E-state index contributed by atoms with van der Waals surface area (Å²) in [4.78, 5) is 14.4. The predicted octanol–water partition coefficient (Wildman–Crippen LogP) is 1.33. The first-order valence-electron chi connectivity index (χ1n) is 8.62. The Morgan fingerprint density at radius 2 is 1.62 bits per heavy atom. The van der Waals surface area contributed by atoms with Crippen molar-refractivity contribution in [1.82, 2.24) is 9.21 Å². The first-order valence-corrected chi connectivity index (χ1v) is 10.1. The Morgan fingerprint density at radius 1 is 1.00 bits per heavy atom. The number of hydrogen-bond acceptors (Lipinski definition) is 5. The van der Waals surface area contributed by atoms with Crippen molar-refractivity contribution in [3.8, 4) is 0 Å². The van der Waals surface area contributed by atoms with Gasteiger partial charge < -0.3 is 14.4 Å². The van der Waals surface area contributed by atoms with Crippen LogP contribution in [-0.4, -0.2) is 62.9 Å². The van der Waals surface area contributed by atoms with Gasteiger partial charge in [0, 0.05) is 26.2 Å². The molecule has 0 N–H and O–H groups in total. The van der Waals surface area contributed by atoms with Crippen LogP contribution in [0.15, 0.2) is 29.0 Å². The van der Waals surface area contributed by atoms with E-state index in [4.69, 9.17) is 9.47 Å². The molecule has 7 nitrogen and oxygen atoms in total. The van der Waals surface area contributed by atoms with Gasteiger partial charge in [0.2, 0.25) is 15.8 Å². The molecule has 0 bridgehead atoms. The lowest BCUT2D eigenvalue weighted by Crippen LogP contribution is -2.51. The highest BCUT2D eigenvalue weighted by Gasteiger charge is 2.33. The Morgan fingerprint density at radius 3 is 2.15 bits per heavy atom. The van der Waals surface area contributed by atoms with E-state index in [9.17, 15) is 13.2 Å². The second-order valence-corrected chi connectivity index (χ2v) is 8.50. The number of ether oxygens (including phenoxy) is 2. The Balaban J connectivity index is 1.73. The minimum atomic E-state index is -3.59. The fraction of sp³-hybridized carbons (Fsp3) is 0.500. The largest absolute Gasteiger partial charge is 0.494 e. The third-order valence-electron chi connectivity index (χ3n) is 4.59. The first kappa shape index (κ1) is 18.7. The number of carbonyl (C=O) groups excluding carboxylic acids is 1. The summed E-state index contributed by atoms with van der Waals surface area (Å²) in [5.41, 5.74) is 2.54. The topological polar surface area (TPSA) is 76.2 Å². The standard InChI is InChI=1S/C18H24N2O5S/c1-13-10-14(2)17(15(3)11-13)26(22,23)20-6-4-19(5-7-20)18(21)16-12-24-8-9-25-16/h10-12H,4-9H2,1-3H3. The molecule has 0 spiro atoms. The number of rotatable bonds is 3. The van der Waals surface area contributed by atoms with Crippen molar-refractivity contribution in [3.63, 3.8) is 0 Å². The van der Waals surface area contributed by atoms with E-state index in [0.717, 1.165) is 16.7 Å². The van der Waals surface area contributed by atoms with E-state index in [2.05, 4.69) is 0 Å². The van der Waals surface area contributed by atoms with Gasteiger partial charge in [0.25, 0.3) is 5.91 Å². The zero-order valence-corrected chi connectivity index (χ0v) is 16.1. The molecule has 1 aromatic carbocycles. The molecule has 2 heterocycles.